The van der Waals surface area contributed by atoms with E-state index in [1.54, 1.807) is 17.2 Å². The number of methoxy groups -OCH3 is 1. The molecule has 0 spiro atoms. The molecule has 34 heavy (non-hydrogen) atoms. The first-order valence-corrected chi connectivity index (χ1v) is 10.9. The smallest absolute Gasteiger partial charge is 0.409 e. The number of benzene rings is 1. The number of nitrogens with zero attached hydrogens (tertiary/aromatic N) is 4. The second-order valence-electron chi connectivity index (χ2n) is 8.23. The van der Waals surface area contributed by atoms with Gasteiger partial charge in [-0.05, 0) is 42.8 Å². The molecule has 3 aromatic heterocycles. The summed E-state index contributed by atoms with van der Waals surface area (Å²) in [7, 11) is 1.33. The molecule has 8 nitrogen and oxygen atoms in total. The summed E-state index contributed by atoms with van der Waals surface area (Å²) in [6, 6.07) is 7.90. The first kappa shape index (κ1) is 22.0. The molecule has 1 aromatic carbocycles. The summed E-state index contributed by atoms with van der Waals surface area (Å²) in [6.45, 7) is 2.98. The average Bonchev–Trinajstić information content (AvgIpc) is 3.47. The van der Waals surface area contributed by atoms with Crippen molar-refractivity contribution in [1.29, 1.82) is 0 Å². The van der Waals surface area contributed by atoms with E-state index >= 15 is 8.78 Å². The molecule has 0 bridgehead atoms. The van der Waals surface area contributed by atoms with Gasteiger partial charge >= 0.3 is 6.09 Å². The van der Waals surface area contributed by atoms with Crippen molar-refractivity contribution in [3.8, 4) is 22.5 Å². The third-order valence-electron chi connectivity index (χ3n) is 5.95. The summed E-state index contributed by atoms with van der Waals surface area (Å²) < 4.78 is 43.2. The minimum atomic E-state index is -0.736. The standard InChI is InChI=1S/C24H23F2N5O3/c1-14-4-6-31-20(12-16-13-30(7-8-34-16)24(32)33-2)23(28-21(31)9-14)22-17(25)10-15(11-18(22)26)19-3-5-27-29-19/h3-6,9-11,16H,7-8,12-13H2,1-2H3,(H,27,29)/t16-/m0/s1. The number of ether oxygens (including phenoxy) is 2. The van der Waals surface area contributed by atoms with Gasteiger partial charge in [0.1, 0.15) is 17.3 Å². The fourth-order valence-corrected chi connectivity index (χ4v) is 4.31. The van der Waals surface area contributed by atoms with Crippen LogP contribution in [-0.2, 0) is 15.9 Å². The van der Waals surface area contributed by atoms with Crippen LogP contribution in [0.1, 0.15) is 11.3 Å². The first-order valence-electron chi connectivity index (χ1n) is 10.9. The van der Waals surface area contributed by atoms with Crippen LogP contribution in [0.3, 0.4) is 0 Å². The maximum absolute atomic E-state index is 15.3. The fourth-order valence-electron chi connectivity index (χ4n) is 4.31. The number of aromatic amines is 1. The van der Waals surface area contributed by atoms with Crippen LogP contribution in [0.2, 0.25) is 0 Å². The molecule has 1 fully saturated rings. The Balaban J connectivity index is 1.58. The average molecular weight is 467 g/mol. The molecule has 10 heteroatoms. The Kier molecular flexibility index (Phi) is 5.74. The Labute approximate surface area is 194 Å². The normalized spacial score (nSPS) is 16.2. The summed E-state index contributed by atoms with van der Waals surface area (Å²) in [4.78, 5) is 18.1. The van der Waals surface area contributed by atoms with Gasteiger partial charge in [0.05, 0.1) is 49.0 Å². The number of aryl methyl sites for hydroxylation is 1. The van der Waals surface area contributed by atoms with E-state index in [0.717, 1.165) is 5.56 Å². The number of carbonyl (C=O) groups excluding carboxylic acids is 1. The van der Waals surface area contributed by atoms with Gasteiger partial charge in [-0.3, -0.25) is 5.10 Å². The van der Waals surface area contributed by atoms with Gasteiger partial charge in [0.2, 0.25) is 0 Å². The lowest BCUT2D eigenvalue weighted by Crippen LogP contribution is -2.46. The molecular weight excluding hydrogens is 444 g/mol. The Morgan fingerprint density at radius 2 is 2.06 bits per heavy atom. The Hall–Kier alpha value is -3.79. The lowest BCUT2D eigenvalue weighted by atomic mass is 10.0. The van der Waals surface area contributed by atoms with Crippen molar-refractivity contribution in [1.82, 2.24) is 24.5 Å². The fraction of sp³-hybridized carbons (Fsp3) is 0.292. The second-order valence-corrected chi connectivity index (χ2v) is 8.23. The number of morpholine rings is 1. The Morgan fingerprint density at radius 3 is 2.76 bits per heavy atom. The van der Waals surface area contributed by atoms with E-state index < -0.39 is 17.7 Å². The SMILES string of the molecule is COC(=O)N1CCO[C@@H](Cc2c(-c3c(F)cc(-c4cc[nH]n4)cc3F)nc3cc(C)ccn23)C1. The molecule has 1 amide bonds. The number of pyridine rings is 1. The number of carbonyl (C=O) groups is 1. The number of amides is 1. The highest BCUT2D eigenvalue weighted by molar-refractivity contribution is 5.72. The van der Waals surface area contributed by atoms with E-state index in [4.69, 9.17) is 9.47 Å². The van der Waals surface area contributed by atoms with Crippen molar-refractivity contribution >= 4 is 11.7 Å². The van der Waals surface area contributed by atoms with Crippen molar-refractivity contribution in [3.05, 3.63) is 65.6 Å². The van der Waals surface area contributed by atoms with E-state index in [-0.39, 0.29) is 17.4 Å². The molecule has 0 radical (unpaired) electrons. The predicted octanol–water partition coefficient (Wildman–Crippen LogP) is 3.99. The number of hydrogen-bond acceptors (Lipinski definition) is 5. The third kappa shape index (κ3) is 4.01. The van der Waals surface area contributed by atoms with Crippen LogP contribution in [-0.4, -0.2) is 63.5 Å². The van der Waals surface area contributed by atoms with Gasteiger partial charge in [-0.15, -0.1) is 0 Å². The van der Waals surface area contributed by atoms with Gasteiger partial charge in [-0.2, -0.15) is 5.10 Å². The van der Waals surface area contributed by atoms with E-state index in [1.165, 1.54) is 19.2 Å². The Morgan fingerprint density at radius 1 is 1.26 bits per heavy atom. The molecule has 0 saturated carbocycles. The van der Waals surface area contributed by atoms with Gasteiger partial charge < -0.3 is 18.8 Å². The van der Waals surface area contributed by atoms with Crippen LogP contribution in [0.4, 0.5) is 13.6 Å². The molecule has 0 unspecified atom stereocenters. The molecule has 0 aliphatic carbocycles. The molecule has 4 heterocycles. The number of hydrogen-bond donors (Lipinski definition) is 1. The van der Waals surface area contributed by atoms with E-state index in [2.05, 4.69) is 15.2 Å². The van der Waals surface area contributed by atoms with Crippen LogP contribution in [0.25, 0.3) is 28.2 Å². The Bertz CT molecular complexity index is 1330. The monoisotopic (exact) mass is 467 g/mol. The van der Waals surface area contributed by atoms with Gasteiger partial charge in [0, 0.05) is 30.9 Å². The van der Waals surface area contributed by atoms with E-state index in [1.807, 2.05) is 29.7 Å². The summed E-state index contributed by atoms with van der Waals surface area (Å²) in [5.74, 6) is -1.47. The maximum atomic E-state index is 15.3. The van der Waals surface area contributed by atoms with Crippen molar-refractivity contribution < 1.29 is 23.0 Å². The van der Waals surface area contributed by atoms with Crippen LogP contribution < -0.4 is 0 Å². The number of aromatic nitrogens is 4. The zero-order valence-electron chi connectivity index (χ0n) is 18.7. The highest BCUT2D eigenvalue weighted by Gasteiger charge is 2.29. The lowest BCUT2D eigenvalue weighted by molar-refractivity contribution is -0.0241. The van der Waals surface area contributed by atoms with Crippen molar-refractivity contribution in [2.24, 2.45) is 0 Å². The molecule has 1 N–H and O–H groups in total. The molecule has 1 aliphatic rings. The van der Waals surface area contributed by atoms with Gasteiger partial charge in [-0.25, -0.2) is 18.6 Å². The number of H-pyrrole nitrogens is 1. The van der Waals surface area contributed by atoms with Crippen molar-refractivity contribution in [2.75, 3.05) is 26.8 Å². The molecule has 1 atom stereocenters. The van der Waals surface area contributed by atoms with Gasteiger partial charge in [0.25, 0.3) is 0 Å². The minimum absolute atomic E-state index is 0.202. The summed E-state index contributed by atoms with van der Waals surface area (Å²) in [5, 5.41) is 6.65. The van der Waals surface area contributed by atoms with E-state index in [9.17, 15) is 4.79 Å². The van der Waals surface area contributed by atoms with Crippen LogP contribution in [0, 0.1) is 18.6 Å². The molecule has 176 valence electrons. The van der Waals surface area contributed by atoms with Crippen LogP contribution >= 0.6 is 0 Å². The zero-order valence-corrected chi connectivity index (χ0v) is 18.7. The maximum Gasteiger partial charge on any atom is 0.409 e. The minimum Gasteiger partial charge on any atom is -0.453 e. The van der Waals surface area contributed by atoms with Crippen LogP contribution in [0.5, 0.6) is 0 Å². The predicted molar refractivity (Wildman–Crippen MR) is 120 cm³/mol. The number of imidazole rings is 1. The number of nitrogens with one attached hydrogen (secondary N) is 1. The lowest BCUT2D eigenvalue weighted by Gasteiger charge is -2.32. The highest BCUT2D eigenvalue weighted by Crippen LogP contribution is 2.33. The zero-order chi connectivity index (χ0) is 23.8. The molecule has 1 saturated heterocycles. The van der Waals surface area contributed by atoms with Crippen molar-refractivity contribution in [2.45, 2.75) is 19.4 Å². The third-order valence-corrected chi connectivity index (χ3v) is 5.95. The number of fused-ring (bicyclic) bond motifs is 1. The number of rotatable bonds is 4. The van der Waals surface area contributed by atoms with Gasteiger partial charge in [-0.1, -0.05) is 0 Å². The second kappa shape index (κ2) is 8.86. The summed E-state index contributed by atoms with van der Waals surface area (Å²) in [6.07, 6.45) is 2.89. The highest BCUT2D eigenvalue weighted by atomic mass is 19.1. The first-order chi connectivity index (χ1) is 16.4. The molecule has 5 rings (SSSR count). The van der Waals surface area contributed by atoms with Crippen molar-refractivity contribution in [3.63, 3.8) is 0 Å². The van der Waals surface area contributed by atoms with Crippen LogP contribution in [0.15, 0.2) is 42.7 Å². The summed E-state index contributed by atoms with van der Waals surface area (Å²) >= 11 is 0. The molecule has 4 aromatic rings. The topological polar surface area (TPSA) is 84.7 Å². The molecule has 1 aliphatic heterocycles. The van der Waals surface area contributed by atoms with E-state index in [0.29, 0.717) is 48.7 Å². The van der Waals surface area contributed by atoms with Gasteiger partial charge in [0.15, 0.2) is 0 Å². The largest absolute Gasteiger partial charge is 0.453 e. The summed E-state index contributed by atoms with van der Waals surface area (Å²) in [5.41, 5.74) is 2.89. The number of halogens is 2. The molecular formula is C24H23F2N5O3. The quantitative estimate of drug-likeness (QED) is 0.491.